The van der Waals surface area contributed by atoms with Crippen LogP contribution in [0.5, 0.6) is 5.75 Å². The Hall–Kier alpha value is -3.06. The number of imidazole rings is 1. The van der Waals surface area contributed by atoms with Crippen molar-refractivity contribution in [1.82, 2.24) is 9.55 Å². The Bertz CT molecular complexity index is 938. The van der Waals surface area contributed by atoms with Gasteiger partial charge >= 0.3 is 0 Å². The molecule has 0 aliphatic carbocycles. The summed E-state index contributed by atoms with van der Waals surface area (Å²) in [6.07, 6.45) is 3.53. The zero-order valence-electron chi connectivity index (χ0n) is 14.0. The van der Waals surface area contributed by atoms with Gasteiger partial charge in [0, 0.05) is 30.6 Å². The van der Waals surface area contributed by atoms with Crippen molar-refractivity contribution < 1.29 is 14.7 Å². The van der Waals surface area contributed by atoms with Crippen LogP contribution >= 0.6 is 11.8 Å². The van der Waals surface area contributed by atoms with Crippen LogP contribution in [-0.2, 0) is 4.79 Å². The van der Waals surface area contributed by atoms with Crippen molar-refractivity contribution in [2.75, 3.05) is 11.1 Å². The Morgan fingerprint density at radius 3 is 2.69 bits per heavy atom. The molecule has 1 heterocycles. The number of para-hydroxylation sites is 1. The highest BCUT2D eigenvalue weighted by Gasteiger charge is 2.13. The van der Waals surface area contributed by atoms with Gasteiger partial charge in [0.15, 0.2) is 10.9 Å². The Morgan fingerprint density at radius 1 is 1.19 bits per heavy atom. The Balaban J connectivity index is 1.72. The molecule has 0 aliphatic heterocycles. The number of benzene rings is 2. The van der Waals surface area contributed by atoms with Crippen LogP contribution in [0.3, 0.4) is 0 Å². The molecule has 0 unspecified atom stereocenters. The lowest BCUT2D eigenvalue weighted by molar-refractivity contribution is -0.114. The van der Waals surface area contributed by atoms with Gasteiger partial charge in [-0.15, -0.1) is 0 Å². The van der Waals surface area contributed by atoms with Gasteiger partial charge in [0.25, 0.3) is 0 Å². The number of Topliss-reactive ketones (excluding diaryl/α,β-unsaturated/α-hetero) is 1. The third-order valence-corrected chi connectivity index (χ3v) is 4.57. The van der Waals surface area contributed by atoms with Gasteiger partial charge in [-0.25, -0.2) is 4.98 Å². The van der Waals surface area contributed by atoms with Crippen LogP contribution in [0.25, 0.3) is 5.69 Å². The van der Waals surface area contributed by atoms with E-state index in [4.69, 9.17) is 0 Å². The van der Waals surface area contributed by atoms with E-state index in [1.807, 2.05) is 41.1 Å². The fraction of sp³-hybridized carbons (Fsp3) is 0.105. The largest absolute Gasteiger partial charge is 0.506 e. The molecule has 0 saturated heterocycles. The first-order chi connectivity index (χ1) is 12.5. The first-order valence-electron chi connectivity index (χ1n) is 7.90. The summed E-state index contributed by atoms with van der Waals surface area (Å²) in [6.45, 7) is 1.34. The second-order valence-corrected chi connectivity index (χ2v) is 6.48. The van der Waals surface area contributed by atoms with Crippen molar-refractivity contribution in [2.24, 2.45) is 0 Å². The molecule has 0 fully saturated rings. The van der Waals surface area contributed by atoms with Crippen LogP contribution in [0, 0.1) is 0 Å². The molecule has 0 spiro atoms. The number of hydrogen-bond acceptors (Lipinski definition) is 5. The van der Waals surface area contributed by atoms with E-state index in [9.17, 15) is 14.7 Å². The number of thioether (sulfide) groups is 1. The van der Waals surface area contributed by atoms with Crippen molar-refractivity contribution in [3.05, 3.63) is 66.5 Å². The minimum Gasteiger partial charge on any atom is -0.506 e. The maximum atomic E-state index is 12.5. The monoisotopic (exact) mass is 367 g/mol. The van der Waals surface area contributed by atoms with Gasteiger partial charge in [0.05, 0.1) is 11.4 Å². The Morgan fingerprint density at radius 2 is 1.96 bits per heavy atom. The van der Waals surface area contributed by atoms with Gasteiger partial charge in [-0.1, -0.05) is 30.0 Å². The number of nitrogens with zero attached hydrogens (tertiary/aromatic N) is 2. The minimum atomic E-state index is -0.316. The average molecular weight is 367 g/mol. The van der Waals surface area contributed by atoms with E-state index in [0.29, 0.717) is 10.7 Å². The molecule has 1 amide bonds. The molecule has 0 bridgehead atoms. The van der Waals surface area contributed by atoms with Crippen LogP contribution in [0.15, 0.2) is 66.1 Å². The van der Waals surface area contributed by atoms with Crippen molar-refractivity contribution in [2.45, 2.75) is 12.1 Å². The molecule has 26 heavy (non-hydrogen) atoms. The number of hydrogen-bond donors (Lipinski definition) is 2. The summed E-state index contributed by atoms with van der Waals surface area (Å²) in [5, 5.41) is 13.0. The van der Waals surface area contributed by atoms with Crippen LogP contribution in [0.4, 0.5) is 5.69 Å². The lowest BCUT2D eigenvalue weighted by Crippen LogP contribution is -2.08. The van der Waals surface area contributed by atoms with Crippen molar-refractivity contribution in [3.8, 4) is 11.4 Å². The first-order valence-corrected chi connectivity index (χ1v) is 8.88. The molecule has 2 N–H and O–H groups in total. The minimum absolute atomic E-state index is 0.0796. The molecule has 7 heteroatoms. The third-order valence-electron chi connectivity index (χ3n) is 3.60. The highest BCUT2D eigenvalue weighted by molar-refractivity contribution is 7.99. The van der Waals surface area contributed by atoms with E-state index >= 15 is 0 Å². The summed E-state index contributed by atoms with van der Waals surface area (Å²) in [7, 11) is 0. The molecule has 3 rings (SSSR count). The smallest absolute Gasteiger partial charge is 0.221 e. The van der Waals surface area contributed by atoms with E-state index in [0.717, 1.165) is 5.69 Å². The predicted molar refractivity (Wildman–Crippen MR) is 101 cm³/mol. The van der Waals surface area contributed by atoms with E-state index in [1.165, 1.54) is 36.9 Å². The first kappa shape index (κ1) is 17.8. The summed E-state index contributed by atoms with van der Waals surface area (Å²) < 4.78 is 1.91. The van der Waals surface area contributed by atoms with Gasteiger partial charge in [0.1, 0.15) is 5.75 Å². The highest BCUT2D eigenvalue weighted by atomic mass is 32.2. The number of carbonyl (C=O) groups excluding carboxylic acids is 2. The molecule has 0 radical (unpaired) electrons. The van der Waals surface area contributed by atoms with Crippen molar-refractivity contribution in [1.29, 1.82) is 0 Å². The maximum Gasteiger partial charge on any atom is 0.221 e. The van der Waals surface area contributed by atoms with Crippen molar-refractivity contribution >= 4 is 29.1 Å². The van der Waals surface area contributed by atoms with E-state index in [-0.39, 0.29) is 28.9 Å². The molecule has 0 atom stereocenters. The van der Waals surface area contributed by atoms with E-state index in [1.54, 1.807) is 6.20 Å². The van der Waals surface area contributed by atoms with E-state index < -0.39 is 0 Å². The maximum absolute atomic E-state index is 12.5. The number of phenols is 1. The lowest BCUT2D eigenvalue weighted by atomic mass is 10.1. The second-order valence-electron chi connectivity index (χ2n) is 5.54. The van der Waals surface area contributed by atoms with Gasteiger partial charge in [-0.05, 0) is 30.3 Å². The average Bonchev–Trinajstić information content (AvgIpc) is 3.10. The molecule has 2 aromatic carbocycles. The SMILES string of the molecule is CC(=O)Nc1cc(C(=O)CSc2nccn2-c2ccccc2)ccc1O. The van der Waals surface area contributed by atoms with Crippen molar-refractivity contribution in [3.63, 3.8) is 0 Å². The van der Waals surface area contributed by atoms with Gasteiger partial charge in [-0.3, -0.25) is 14.2 Å². The molecule has 0 saturated carbocycles. The van der Waals surface area contributed by atoms with Gasteiger partial charge < -0.3 is 10.4 Å². The van der Waals surface area contributed by atoms with Crippen LogP contribution in [-0.4, -0.2) is 32.1 Å². The normalized spacial score (nSPS) is 10.5. The predicted octanol–water partition coefficient (Wildman–Crippen LogP) is 3.51. The molecule has 0 aliphatic rings. The molecule has 6 nitrogen and oxygen atoms in total. The molecule has 132 valence electrons. The number of carbonyl (C=O) groups is 2. The molecule has 3 aromatic rings. The number of amides is 1. The Kier molecular flexibility index (Phi) is 5.38. The number of aromatic nitrogens is 2. The van der Waals surface area contributed by atoms with Crippen LogP contribution < -0.4 is 5.32 Å². The van der Waals surface area contributed by atoms with E-state index in [2.05, 4.69) is 10.3 Å². The van der Waals surface area contributed by atoms with Crippen LogP contribution in [0.1, 0.15) is 17.3 Å². The number of nitrogens with one attached hydrogen (secondary N) is 1. The van der Waals surface area contributed by atoms with Gasteiger partial charge in [-0.2, -0.15) is 0 Å². The highest BCUT2D eigenvalue weighted by Crippen LogP contribution is 2.26. The summed E-state index contributed by atoms with van der Waals surface area (Å²) in [4.78, 5) is 28.0. The standard InChI is InChI=1S/C19H17N3O3S/c1-13(23)21-16-11-14(7-8-17(16)24)18(25)12-26-19-20-9-10-22(19)15-5-3-2-4-6-15/h2-11,24H,12H2,1H3,(H,21,23). The number of phenolic OH excluding ortho intramolecular Hbond substituents is 1. The van der Waals surface area contributed by atoms with Gasteiger partial charge in [0.2, 0.25) is 5.91 Å². The summed E-state index contributed by atoms with van der Waals surface area (Å²) in [6, 6.07) is 14.2. The van der Waals surface area contributed by atoms with Crippen LogP contribution in [0.2, 0.25) is 0 Å². The number of rotatable bonds is 6. The number of aromatic hydroxyl groups is 1. The zero-order chi connectivity index (χ0) is 18.5. The topological polar surface area (TPSA) is 84.2 Å². The fourth-order valence-corrected chi connectivity index (χ4v) is 3.26. The fourth-order valence-electron chi connectivity index (χ4n) is 2.39. The summed E-state index contributed by atoms with van der Waals surface area (Å²) >= 11 is 1.33. The second kappa shape index (κ2) is 7.88. The molecule has 1 aromatic heterocycles. The summed E-state index contributed by atoms with van der Waals surface area (Å²) in [5.74, 6) is -0.328. The lowest BCUT2D eigenvalue weighted by Gasteiger charge is -2.09. The number of ketones is 1. The quantitative estimate of drug-likeness (QED) is 0.396. The molecular weight excluding hydrogens is 350 g/mol. The zero-order valence-corrected chi connectivity index (χ0v) is 14.9. The summed E-state index contributed by atoms with van der Waals surface area (Å²) in [5.41, 5.74) is 1.61. The Labute approximate surface area is 154 Å². The number of anilines is 1. The molecular formula is C19H17N3O3S. The third kappa shape index (κ3) is 4.12.